The molecule has 2 aliphatic rings. The molecule has 0 spiro atoms. The second-order valence-corrected chi connectivity index (χ2v) is 9.20. The van der Waals surface area contributed by atoms with Gasteiger partial charge in [-0.05, 0) is 51.0 Å². The molecule has 0 unspecified atom stereocenters. The van der Waals surface area contributed by atoms with Crippen molar-refractivity contribution in [2.45, 2.75) is 63.5 Å². The molecule has 1 heterocycles. The predicted octanol–water partition coefficient (Wildman–Crippen LogP) is 4.05. The third-order valence-corrected chi connectivity index (χ3v) is 6.70. The largest absolute Gasteiger partial charge is 0.371 e. The zero-order valence-corrected chi connectivity index (χ0v) is 17.7. The van der Waals surface area contributed by atoms with Crippen molar-refractivity contribution in [3.63, 3.8) is 0 Å². The van der Waals surface area contributed by atoms with Gasteiger partial charge in [-0.1, -0.05) is 37.0 Å². The van der Waals surface area contributed by atoms with Crippen molar-refractivity contribution in [2.75, 3.05) is 37.0 Å². The quantitative estimate of drug-likeness (QED) is 0.738. The monoisotopic (exact) mass is 389 g/mol. The minimum absolute atomic E-state index is 0.213. The number of piperidine rings is 1. The highest BCUT2D eigenvalue weighted by atomic mass is 32.2. The number of nitrogens with zero attached hydrogens (tertiary/aromatic N) is 1. The van der Waals surface area contributed by atoms with E-state index in [0.717, 1.165) is 57.3 Å². The zero-order valence-electron chi connectivity index (χ0n) is 16.9. The van der Waals surface area contributed by atoms with E-state index >= 15 is 0 Å². The van der Waals surface area contributed by atoms with Crippen LogP contribution in [0.25, 0.3) is 0 Å². The molecule has 0 atom stereocenters. The Morgan fingerprint density at radius 3 is 2.44 bits per heavy atom. The number of amides is 1. The SMILES string of the molecule is CSCCN1CCC(NC(=O)C2(Nc3ccc(C)cc3)CCCCC2)CC1. The Morgan fingerprint density at radius 1 is 1.15 bits per heavy atom. The molecule has 1 amide bonds. The molecule has 0 aromatic heterocycles. The molecule has 1 saturated carbocycles. The molecule has 0 radical (unpaired) electrons. The fourth-order valence-corrected chi connectivity index (χ4v) is 4.76. The maximum absolute atomic E-state index is 13.3. The Bertz CT molecular complexity index is 590. The van der Waals surface area contributed by atoms with Crippen LogP contribution in [0.1, 0.15) is 50.5 Å². The van der Waals surface area contributed by atoms with Crippen LogP contribution in [0.2, 0.25) is 0 Å². The molecule has 1 aliphatic carbocycles. The zero-order chi connectivity index (χ0) is 19.1. The fourth-order valence-electron chi connectivity index (χ4n) is 4.32. The summed E-state index contributed by atoms with van der Waals surface area (Å²) in [7, 11) is 0. The van der Waals surface area contributed by atoms with Crippen LogP contribution in [0, 0.1) is 6.92 Å². The Kier molecular flexibility index (Phi) is 7.48. The number of rotatable bonds is 7. The van der Waals surface area contributed by atoms with Gasteiger partial charge in [0.1, 0.15) is 5.54 Å². The third-order valence-electron chi connectivity index (χ3n) is 6.11. The van der Waals surface area contributed by atoms with Crippen molar-refractivity contribution >= 4 is 23.4 Å². The third kappa shape index (κ3) is 5.64. The van der Waals surface area contributed by atoms with Gasteiger partial charge in [0.25, 0.3) is 0 Å². The lowest BCUT2D eigenvalue weighted by Gasteiger charge is -2.40. The van der Waals surface area contributed by atoms with E-state index in [1.165, 1.54) is 24.3 Å². The Hall–Kier alpha value is -1.20. The smallest absolute Gasteiger partial charge is 0.245 e. The Balaban J connectivity index is 1.59. The van der Waals surface area contributed by atoms with E-state index in [9.17, 15) is 4.79 Å². The molecule has 5 heteroatoms. The number of anilines is 1. The van der Waals surface area contributed by atoms with E-state index in [4.69, 9.17) is 0 Å². The lowest BCUT2D eigenvalue weighted by atomic mass is 9.80. The van der Waals surface area contributed by atoms with Gasteiger partial charge >= 0.3 is 0 Å². The molecule has 1 aromatic rings. The summed E-state index contributed by atoms with van der Waals surface area (Å²) >= 11 is 1.91. The topological polar surface area (TPSA) is 44.4 Å². The molecule has 4 nitrogen and oxygen atoms in total. The summed E-state index contributed by atoms with van der Waals surface area (Å²) in [6.45, 7) is 5.47. The molecular formula is C22H35N3OS. The molecule has 1 aliphatic heterocycles. The highest BCUT2D eigenvalue weighted by Gasteiger charge is 2.40. The molecule has 27 heavy (non-hydrogen) atoms. The van der Waals surface area contributed by atoms with Gasteiger partial charge in [0.15, 0.2) is 0 Å². The molecule has 1 saturated heterocycles. The standard InChI is InChI=1S/C22H35N3OS/c1-18-6-8-20(9-7-18)24-22(12-4-3-5-13-22)21(26)23-19-10-14-25(15-11-19)16-17-27-2/h6-9,19,24H,3-5,10-17H2,1-2H3,(H,23,26). The molecule has 150 valence electrons. The minimum atomic E-state index is -0.441. The lowest BCUT2D eigenvalue weighted by molar-refractivity contribution is -0.127. The van der Waals surface area contributed by atoms with E-state index < -0.39 is 5.54 Å². The number of benzene rings is 1. The summed E-state index contributed by atoms with van der Waals surface area (Å²) in [6, 6.07) is 8.75. The van der Waals surface area contributed by atoms with Gasteiger partial charge in [0, 0.05) is 37.1 Å². The first-order valence-electron chi connectivity index (χ1n) is 10.5. The number of hydrogen-bond acceptors (Lipinski definition) is 4. The van der Waals surface area contributed by atoms with Crippen LogP contribution in [0.4, 0.5) is 5.69 Å². The number of thioether (sulfide) groups is 1. The average Bonchev–Trinajstić information content (AvgIpc) is 2.70. The molecule has 2 N–H and O–H groups in total. The normalized spacial score (nSPS) is 21.0. The summed E-state index contributed by atoms with van der Waals surface area (Å²) in [6.07, 6.45) is 9.65. The number of aryl methyl sites for hydroxylation is 1. The first-order chi connectivity index (χ1) is 13.1. The van der Waals surface area contributed by atoms with Crippen LogP contribution >= 0.6 is 11.8 Å². The van der Waals surface area contributed by atoms with Gasteiger partial charge in [-0.25, -0.2) is 0 Å². The van der Waals surface area contributed by atoms with Gasteiger partial charge in [-0.2, -0.15) is 11.8 Å². The van der Waals surface area contributed by atoms with Crippen molar-refractivity contribution in [3.05, 3.63) is 29.8 Å². The Labute approximate surface area is 168 Å². The van der Waals surface area contributed by atoms with Crippen LogP contribution in [-0.4, -0.2) is 54.0 Å². The number of hydrogen-bond donors (Lipinski definition) is 2. The summed E-state index contributed by atoms with van der Waals surface area (Å²) in [4.78, 5) is 15.9. The lowest BCUT2D eigenvalue weighted by Crippen LogP contribution is -2.57. The first-order valence-corrected chi connectivity index (χ1v) is 11.9. The summed E-state index contributed by atoms with van der Waals surface area (Å²) in [5.41, 5.74) is 1.87. The Morgan fingerprint density at radius 2 is 1.81 bits per heavy atom. The number of nitrogens with one attached hydrogen (secondary N) is 2. The second-order valence-electron chi connectivity index (χ2n) is 8.22. The highest BCUT2D eigenvalue weighted by molar-refractivity contribution is 7.98. The fraction of sp³-hybridized carbons (Fsp3) is 0.682. The number of carbonyl (C=O) groups is 1. The van der Waals surface area contributed by atoms with E-state index in [2.05, 4.69) is 53.0 Å². The van der Waals surface area contributed by atoms with Crippen molar-refractivity contribution in [1.82, 2.24) is 10.2 Å². The molecule has 0 bridgehead atoms. The molecule has 3 rings (SSSR count). The minimum Gasteiger partial charge on any atom is -0.371 e. The average molecular weight is 390 g/mol. The van der Waals surface area contributed by atoms with Crippen LogP contribution in [-0.2, 0) is 4.79 Å². The first kappa shape index (κ1) is 20.5. The van der Waals surface area contributed by atoms with Crippen molar-refractivity contribution in [3.8, 4) is 0 Å². The van der Waals surface area contributed by atoms with E-state index in [-0.39, 0.29) is 5.91 Å². The van der Waals surface area contributed by atoms with Crippen LogP contribution < -0.4 is 10.6 Å². The highest BCUT2D eigenvalue weighted by Crippen LogP contribution is 2.32. The number of likely N-dealkylation sites (tertiary alicyclic amines) is 1. The summed E-state index contributed by atoms with van der Waals surface area (Å²) < 4.78 is 0. The van der Waals surface area contributed by atoms with Gasteiger partial charge in [0.05, 0.1) is 0 Å². The maximum atomic E-state index is 13.3. The van der Waals surface area contributed by atoms with Crippen molar-refractivity contribution in [1.29, 1.82) is 0 Å². The van der Waals surface area contributed by atoms with Gasteiger partial charge in [0.2, 0.25) is 5.91 Å². The molecule has 1 aromatic carbocycles. The summed E-state index contributed by atoms with van der Waals surface area (Å²) in [5, 5.41) is 7.03. The van der Waals surface area contributed by atoms with E-state index in [0.29, 0.717) is 6.04 Å². The van der Waals surface area contributed by atoms with Crippen LogP contribution in [0.3, 0.4) is 0 Å². The second kappa shape index (κ2) is 9.83. The van der Waals surface area contributed by atoms with Crippen molar-refractivity contribution < 1.29 is 4.79 Å². The molecule has 2 fully saturated rings. The predicted molar refractivity (Wildman–Crippen MR) is 117 cm³/mol. The van der Waals surface area contributed by atoms with Crippen molar-refractivity contribution in [2.24, 2.45) is 0 Å². The van der Waals surface area contributed by atoms with Crippen LogP contribution in [0.5, 0.6) is 0 Å². The van der Waals surface area contributed by atoms with Gasteiger partial charge in [-0.15, -0.1) is 0 Å². The van der Waals surface area contributed by atoms with Gasteiger partial charge in [-0.3, -0.25) is 4.79 Å². The molecular weight excluding hydrogens is 354 g/mol. The maximum Gasteiger partial charge on any atom is 0.245 e. The van der Waals surface area contributed by atoms with Gasteiger partial charge < -0.3 is 15.5 Å². The van der Waals surface area contributed by atoms with E-state index in [1.807, 2.05) is 11.8 Å². The number of carbonyl (C=O) groups excluding carboxylic acids is 1. The summed E-state index contributed by atoms with van der Waals surface area (Å²) in [5.74, 6) is 1.41. The van der Waals surface area contributed by atoms with E-state index in [1.54, 1.807) is 0 Å². The van der Waals surface area contributed by atoms with Crippen LogP contribution in [0.15, 0.2) is 24.3 Å².